The topological polar surface area (TPSA) is 25.8 Å². The molecule has 13 rings (SSSR count). The summed E-state index contributed by atoms with van der Waals surface area (Å²) < 4.78 is 0. The van der Waals surface area contributed by atoms with E-state index in [1.807, 2.05) is 24.3 Å². The molecule has 0 aliphatic carbocycles. The van der Waals surface area contributed by atoms with E-state index in [0.717, 1.165) is 38.9 Å². The molecule has 0 atom stereocenters. The average molecular weight is 811 g/mol. The number of hydrogen-bond donors (Lipinski definition) is 0. The van der Waals surface area contributed by atoms with E-state index in [1.165, 1.54) is 86.9 Å². The predicted molar refractivity (Wildman–Crippen MR) is 272 cm³/mol. The highest BCUT2D eigenvalue weighted by atomic mass is 14.9. The van der Waals surface area contributed by atoms with Crippen LogP contribution in [0.4, 0.5) is 0 Å². The van der Waals surface area contributed by atoms with Crippen LogP contribution in [-0.2, 0) is 0 Å². The summed E-state index contributed by atoms with van der Waals surface area (Å²) in [6.45, 7) is 0. The Bertz CT molecular complexity index is 3870. The van der Waals surface area contributed by atoms with Gasteiger partial charge in [-0.3, -0.25) is 0 Å². The van der Waals surface area contributed by atoms with Crippen molar-refractivity contribution in [2.75, 3.05) is 0 Å². The van der Waals surface area contributed by atoms with Crippen LogP contribution >= 0.6 is 0 Å². The maximum Gasteiger partial charge on any atom is 0.160 e. The van der Waals surface area contributed by atoms with Crippen molar-refractivity contribution in [3.8, 4) is 56.2 Å². The van der Waals surface area contributed by atoms with E-state index in [1.54, 1.807) is 0 Å². The van der Waals surface area contributed by atoms with Crippen LogP contribution in [0.1, 0.15) is 0 Å². The van der Waals surface area contributed by atoms with Gasteiger partial charge in [0.25, 0.3) is 0 Å². The van der Waals surface area contributed by atoms with Crippen LogP contribution in [0.25, 0.3) is 132 Å². The lowest BCUT2D eigenvalue weighted by Gasteiger charge is -2.19. The molecule has 296 valence electrons. The lowest BCUT2D eigenvalue weighted by Crippen LogP contribution is -1.98. The number of hydrogen-bond acceptors (Lipinski definition) is 2. The van der Waals surface area contributed by atoms with E-state index >= 15 is 0 Å². The molecule has 0 amide bonds. The minimum absolute atomic E-state index is 0.709. The Hall–Kier alpha value is -8.46. The first-order valence-electron chi connectivity index (χ1n) is 22.0. The largest absolute Gasteiger partial charge is 0.228 e. The molecule has 0 N–H and O–H groups in total. The summed E-state index contributed by atoms with van der Waals surface area (Å²) in [4.78, 5) is 10.5. The van der Waals surface area contributed by atoms with Gasteiger partial charge in [-0.1, -0.05) is 218 Å². The van der Waals surface area contributed by atoms with Crippen molar-refractivity contribution in [3.05, 3.63) is 231 Å². The van der Waals surface area contributed by atoms with Crippen molar-refractivity contribution < 1.29 is 0 Å². The van der Waals surface area contributed by atoms with E-state index in [4.69, 9.17) is 9.97 Å². The molecule has 2 heteroatoms. The first kappa shape index (κ1) is 36.2. The summed E-state index contributed by atoms with van der Waals surface area (Å²) in [6.07, 6.45) is 0. The van der Waals surface area contributed by atoms with E-state index < -0.39 is 0 Å². The van der Waals surface area contributed by atoms with Gasteiger partial charge in [0, 0.05) is 16.7 Å². The smallest absolute Gasteiger partial charge is 0.160 e. The Kier molecular flexibility index (Phi) is 8.25. The van der Waals surface area contributed by atoms with Crippen LogP contribution in [0.5, 0.6) is 0 Å². The molecule has 64 heavy (non-hydrogen) atoms. The highest BCUT2D eigenvalue weighted by Gasteiger charge is 2.21. The fourth-order valence-electron chi connectivity index (χ4n) is 10.4. The van der Waals surface area contributed by atoms with E-state index in [0.29, 0.717) is 5.82 Å². The van der Waals surface area contributed by atoms with Gasteiger partial charge in [-0.05, 0) is 110 Å². The molecular formula is C62H38N2. The van der Waals surface area contributed by atoms with Gasteiger partial charge in [-0.25, -0.2) is 9.97 Å². The van der Waals surface area contributed by atoms with Crippen molar-refractivity contribution in [2.24, 2.45) is 0 Å². The van der Waals surface area contributed by atoms with Crippen molar-refractivity contribution in [1.82, 2.24) is 9.97 Å². The van der Waals surface area contributed by atoms with Crippen molar-refractivity contribution >= 4 is 75.4 Å². The highest BCUT2D eigenvalue weighted by Crippen LogP contribution is 2.46. The second-order valence-corrected chi connectivity index (χ2v) is 16.8. The third kappa shape index (κ3) is 5.66. The van der Waals surface area contributed by atoms with Gasteiger partial charge in [0.1, 0.15) is 0 Å². The standard InChI is InChI=1S/C62H38N2/c1-3-17-40(18-4-1)56-38-57(64-62(63-56)42-19-5-2-6-20-42)60-52-28-13-11-26-50(52)58(51-27-12-14-29-53(51)60)41-35-33-39(34-36-41)55-37-43-21-15-30-48-46-24-9-7-22-44(46)45-23-8-10-25-47(45)49-31-16-32-54(55)61(49)59(43)48/h1-38H. The monoisotopic (exact) mass is 810 g/mol. The van der Waals surface area contributed by atoms with E-state index in [-0.39, 0.29) is 0 Å². The van der Waals surface area contributed by atoms with Crippen LogP contribution < -0.4 is 0 Å². The fraction of sp³-hybridized carbons (Fsp3) is 0. The SMILES string of the molecule is c1ccc(-c2cc(-c3c4ccccc4c(-c4ccc(-c5cc6cccc7c8ccccc8c8ccccc8c8cccc5c8c67)cc4)c4ccccc34)nc(-c3ccccc3)n2)cc1. The number of nitrogens with zero attached hydrogens (tertiary/aromatic N) is 2. The Morgan fingerprint density at radius 1 is 0.234 bits per heavy atom. The quantitative estimate of drug-likeness (QED) is 0.128. The Morgan fingerprint density at radius 3 is 1.25 bits per heavy atom. The zero-order chi connectivity index (χ0) is 42.1. The third-order valence-electron chi connectivity index (χ3n) is 13.2. The molecule has 13 aromatic rings. The number of benzene rings is 11. The van der Waals surface area contributed by atoms with Crippen LogP contribution in [-0.4, -0.2) is 9.97 Å². The third-order valence-corrected chi connectivity index (χ3v) is 13.2. The zero-order valence-electron chi connectivity index (χ0n) is 34.8. The van der Waals surface area contributed by atoms with Crippen molar-refractivity contribution in [1.29, 1.82) is 0 Å². The maximum absolute atomic E-state index is 5.33. The summed E-state index contributed by atoms with van der Waals surface area (Å²) in [5, 5.41) is 17.4. The summed E-state index contributed by atoms with van der Waals surface area (Å²) in [5.74, 6) is 0.709. The second-order valence-electron chi connectivity index (χ2n) is 16.8. The minimum atomic E-state index is 0.709. The molecule has 1 heterocycles. The fourth-order valence-corrected chi connectivity index (χ4v) is 10.4. The molecule has 1 aromatic heterocycles. The van der Waals surface area contributed by atoms with Gasteiger partial charge < -0.3 is 0 Å². The number of aromatic nitrogens is 2. The number of fused-ring (bicyclic) bond motifs is 7. The molecule has 0 unspecified atom stereocenters. The Balaban J connectivity index is 1.02. The molecule has 0 spiro atoms. The summed E-state index contributed by atoms with van der Waals surface area (Å²) in [5.41, 5.74) is 9.77. The number of rotatable bonds is 5. The van der Waals surface area contributed by atoms with Gasteiger partial charge in [0.05, 0.1) is 11.4 Å². The lowest BCUT2D eigenvalue weighted by atomic mass is 9.85. The zero-order valence-corrected chi connectivity index (χ0v) is 34.8. The molecule has 0 bridgehead atoms. The van der Waals surface area contributed by atoms with Gasteiger partial charge >= 0.3 is 0 Å². The first-order chi connectivity index (χ1) is 31.8. The molecule has 0 saturated carbocycles. The van der Waals surface area contributed by atoms with Crippen LogP contribution in [0.3, 0.4) is 0 Å². The lowest BCUT2D eigenvalue weighted by molar-refractivity contribution is 1.19. The highest BCUT2D eigenvalue weighted by molar-refractivity contribution is 6.34. The summed E-state index contributed by atoms with van der Waals surface area (Å²) in [7, 11) is 0. The first-order valence-corrected chi connectivity index (χ1v) is 22.0. The maximum atomic E-state index is 5.33. The van der Waals surface area contributed by atoms with Crippen LogP contribution in [0.15, 0.2) is 231 Å². The Labute approximate surface area is 370 Å². The summed E-state index contributed by atoms with van der Waals surface area (Å²) >= 11 is 0. The predicted octanol–water partition coefficient (Wildman–Crippen LogP) is 16.9. The molecule has 0 radical (unpaired) electrons. The molecule has 0 aliphatic heterocycles. The molecule has 0 saturated heterocycles. The van der Waals surface area contributed by atoms with Gasteiger partial charge in [-0.2, -0.15) is 0 Å². The second kappa shape index (κ2) is 14.6. The minimum Gasteiger partial charge on any atom is -0.228 e. The van der Waals surface area contributed by atoms with Crippen molar-refractivity contribution in [3.63, 3.8) is 0 Å². The Morgan fingerprint density at radius 2 is 0.656 bits per heavy atom. The molecule has 2 nitrogen and oxygen atoms in total. The van der Waals surface area contributed by atoms with Crippen molar-refractivity contribution in [2.45, 2.75) is 0 Å². The molecule has 0 fully saturated rings. The van der Waals surface area contributed by atoms with Gasteiger partial charge in [-0.15, -0.1) is 0 Å². The van der Waals surface area contributed by atoms with E-state index in [9.17, 15) is 0 Å². The average Bonchev–Trinajstić information content (AvgIpc) is 3.37. The van der Waals surface area contributed by atoms with Crippen LogP contribution in [0, 0.1) is 0 Å². The molecular weight excluding hydrogens is 773 g/mol. The molecule has 12 aromatic carbocycles. The summed E-state index contributed by atoms with van der Waals surface area (Å²) in [6, 6.07) is 83.6. The van der Waals surface area contributed by atoms with Gasteiger partial charge in [0.2, 0.25) is 0 Å². The van der Waals surface area contributed by atoms with Crippen LogP contribution in [0.2, 0.25) is 0 Å². The normalized spacial score (nSPS) is 11.8. The van der Waals surface area contributed by atoms with E-state index in [2.05, 4.69) is 206 Å². The molecule has 0 aliphatic rings. The van der Waals surface area contributed by atoms with Gasteiger partial charge in [0.15, 0.2) is 5.82 Å².